The lowest BCUT2D eigenvalue weighted by atomic mass is 9.76. The van der Waals surface area contributed by atoms with Crippen LogP contribution in [-0.4, -0.2) is 29.6 Å². The molecular weight excluding hydrogens is 283 g/mol. The van der Waals surface area contributed by atoms with Crippen LogP contribution in [0.1, 0.15) is 27.7 Å². The molecule has 5 heteroatoms. The summed E-state index contributed by atoms with van der Waals surface area (Å²) in [6.45, 7) is 8.87. The van der Waals surface area contributed by atoms with Crippen LogP contribution in [0.3, 0.4) is 0 Å². The molecule has 2 aliphatic heterocycles. The Balaban J connectivity index is 1.93. The Morgan fingerprint density at radius 1 is 1.30 bits per heavy atom. The third-order valence-electron chi connectivity index (χ3n) is 4.74. The molecule has 116 valence electrons. The van der Waals surface area contributed by atoms with Crippen LogP contribution in [0.2, 0.25) is 0 Å². The van der Waals surface area contributed by atoms with E-state index in [1.54, 1.807) is 18.3 Å². The van der Waals surface area contributed by atoms with Gasteiger partial charge in [-0.15, -0.1) is 0 Å². The average molecular weight is 304 g/mol. The fourth-order valence-corrected chi connectivity index (χ4v) is 3.28. The zero-order chi connectivity index (χ0) is 16.8. The first-order valence-electron chi connectivity index (χ1n) is 7.71. The van der Waals surface area contributed by atoms with E-state index in [0.29, 0.717) is 23.2 Å². The predicted molar refractivity (Wildman–Crippen MR) is 95.9 cm³/mol. The van der Waals surface area contributed by atoms with E-state index >= 15 is 0 Å². The van der Waals surface area contributed by atoms with Gasteiger partial charge in [-0.05, 0) is 37.1 Å². The molecule has 3 heterocycles. The molecule has 4 nitrogen and oxygen atoms in total. The number of hydrogen-bond donors (Lipinski definition) is 1. The van der Waals surface area contributed by atoms with Gasteiger partial charge in [-0.25, -0.2) is 9.98 Å². The van der Waals surface area contributed by atoms with Crippen molar-refractivity contribution < 1.29 is 0 Å². The molecule has 2 radical (unpaired) electrons. The van der Waals surface area contributed by atoms with Crippen molar-refractivity contribution in [3.05, 3.63) is 53.5 Å². The van der Waals surface area contributed by atoms with Gasteiger partial charge in [-0.3, -0.25) is 0 Å². The molecule has 0 spiro atoms. The van der Waals surface area contributed by atoms with Crippen LogP contribution in [-0.2, 0) is 0 Å². The molecule has 3 rings (SSSR count). The van der Waals surface area contributed by atoms with Crippen LogP contribution in [0.25, 0.3) is 0 Å². The van der Waals surface area contributed by atoms with Gasteiger partial charge in [0.2, 0.25) is 0 Å². The zero-order valence-corrected chi connectivity index (χ0v) is 14.0. The van der Waals surface area contributed by atoms with Crippen molar-refractivity contribution in [3.8, 4) is 0 Å². The summed E-state index contributed by atoms with van der Waals surface area (Å²) in [7, 11) is 5.64. The fourth-order valence-electron chi connectivity index (χ4n) is 3.28. The highest BCUT2D eigenvalue weighted by Crippen LogP contribution is 2.44. The van der Waals surface area contributed by atoms with Gasteiger partial charge >= 0.3 is 0 Å². The van der Waals surface area contributed by atoms with Crippen molar-refractivity contribution >= 4 is 25.0 Å². The number of hydrogen-bond acceptors (Lipinski definition) is 3. The van der Waals surface area contributed by atoms with Gasteiger partial charge in [-0.2, -0.15) is 0 Å². The van der Waals surface area contributed by atoms with Crippen molar-refractivity contribution in [3.63, 3.8) is 0 Å². The summed E-state index contributed by atoms with van der Waals surface area (Å²) in [5.41, 5.74) is 10.5. The highest BCUT2D eigenvalue weighted by atomic mass is 15.2. The number of fused-ring (bicyclic) bond motifs is 1. The van der Waals surface area contributed by atoms with E-state index in [4.69, 9.17) is 13.6 Å². The molecule has 1 aromatic rings. The zero-order valence-electron chi connectivity index (χ0n) is 14.0. The molecule has 0 aromatic carbocycles. The molecule has 2 aliphatic rings. The normalized spacial score (nSPS) is 23.1. The highest BCUT2D eigenvalue weighted by Gasteiger charge is 2.41. The maximum absolute atomic E-state index is 6.18. The van der Waals surface area contributed by atoms with E-state index in [-0.39, 0.29) is 5.41 Å². The van der Waals surface area contributed by atoms with Crippen LogP contribution in [0.4, 0.5) is 5.82 Å². The van der Waals surface area contributed by atoms with E-state index in [1.165, 1.54) is 11.1 Å². The summed E-state index contributed by atoms with van der Waals surface area (Å²) >= 11 is 0. The Hall–Kier alpha value is -2.30. The molecule has 0 amide bonds. The number of pyridine rings is 1. The first-order valence-corrected chi connectivity index (χ1v) is 7.71. The van der Waals surface area contributed by atoms with E-state index in [9.17, 15) is 0 Å². The first-order chi connectivity index (χ1) is 10.8. The van der Waals surface area contributed by atoms with Crippen LogP contribution in [0.15, 0.2) is 58.5 Å². The number of nitrogens with zero attached hydrogens (tertiary/aromatic N) is 3. The van der Waals surface area contributed by atoms with Gasteiger partial charge in [-0.1, -0.05) is 25.4 Å². The Kier molecular flexibility index (Phi) is 3.67. The lowest BCUT2D eigenvalue weighted by Crippen LogP contribution is -2.38. The van der Waals surface area contributed by atoms with Gasteiger partial charge < -0.3 is 10.6 Å². The molecule has 0 fully saturated rings. The SMILES string of the molecule is [B]c1ccc(N=C(N)C2=CN3C=C(C)C(C)(C)C3C(C)=C2)nc1. The minimum Gasteiger partial charge on any atom is -0.383 e. The van der Waals surface area contributed by atoms with E-state index in [2.05, 4.69) is 61.0 Å². The van der Waals surface area contributed by atoms with Crippen LogP contribution < -0.4 is 11.2 Å². The molecule has 0 saturated heterocycles. The quantitative estimate of drug-likeness (QED) is 0.518. The highest BCUT2D eigenvalue weighted by molar-refractivity contribution is 6.32. The van der Waals surface area contributed by atoms with Crippen molar-refractivity contribution in [2.45, 2.75) is 33.7 Å². The minimum atomic E-state index is 0.118. The molecular formula is C18H21BN4. The molecule has 2 N–H and O–H groups in total. The molecule has 0 bridgehead atoms. The molecule has 1 atom stereocenters. The van der Waals surface area contributed by atoms with Gasteiger partial charge in [0.15, 0.2) is 5.82 Å². The maximum atomic E-state index is 6.18. The Morgan fingerprint density at radius 3 is 2.70 bits per heavy atom. The number of aliphatic imine (C=N–C) groups is 1. The molecule has 0 aliphatic carbocycles. The summed E-state index contributed by atoms with van der Waals surface area (Å²) in [6.07, 6.45) is 7.95. The number of rotatable bonds is 2. The van der Waals surface area contributed by atoms with Crippen LogP contribution >= 0.6 is 0 Å². The number of aromatic nitrogens is 1. The van der Waals surface area contributed by atoms with E-state index < -0.39 is 0 Å². The van der Waals surface area contributed by atoms with Gasteiger partial charge in [0, 0.05) is 29.6 Å². The standard InChI is InChI=1S/C18H21BN4/c1-11-7-13(10-23-9-12(2)18(3,4)16(11)23)17(20)22-15-6-5-14(19)8-21-15/h5-10,16H,1-4H3,(H2,20,21,22). The third-order valence-corrected chi connectivity index (χ3v) is 4.74. The lowest BCUT2D eigenvalue weighted by Gasteiger charge is -2.37. The van der Waals surface area contributed by atoms with E-state index in [1.807, 2.05) is 0 Å². The monoisotopic (exact) mass is 304 g/mol. The Bertz CT molecular complexity index is 754. The fraction of sp³-hybridized carbons (Fsp3) is 0.333. The summed E-state index contributed by atoms with van der Waals surface area (Å²) in [5, 5.41) is 0. The second kappa shape index (κ2) is 5.41. The minimum absolute atomic E-state index is 0.118. The maximum Gasteiger partial charge on any atom is 0.154 e. The number of nitrogens with two attached hydrogens (primary N) is 1. The molecule has 1 unspecified atom stereocenters. The lowest BCUT2D eigenvalue weighted by molar-refractivity contribution is 0.280. The molecule has 1 aromatic heterocycles. The van der Waals surface area contributed by atoms with E-state index in [0.717, 1.165) is 5.57 Å². The Labute approximate surface area is 138 Å². The molecule has 23 heavy (non-hydrogen) atoms. The van der Waals surface area contributed by atoms with Gasteiger partial charge in [0.25, 0.3) is 0 Å². The predicted octanol–water partition coefficient (Wildman–Crippen LogP) is 2.32. The first kappa shape index (κ1) is 15.6. The number of amidine groups is 1. The average Bonchev–Trinajstić information content (AvgIpc) is 2.71. The van der Waals surface area contributed by atoms with Crippen molar-refractivity contribution in [2.75, 3.05) is 0 Å². The molecule has 0 saturated carbocycles. The Morgan fingerprint density at radius 2 is 2.04 bits per heavy atom. The summed E-state index contributed by atoms with van der Waals surface area (Å²) < 4.78 is 0. The van der Waals surface area contributed by atoms with Crippen LogP contribution in [0.5, 0.6) is 0 Å². The summed E-state index contributed by atoms with van der Waals surface area (Å²) in [6, 6.07) is 3.86. The van der Waals surface area contributed by atoms with Crippen molar-refractivity contribution in [2.24, 2.45) is 16.1 Å². The van der Waals surface area contributed by atoms with Gasteiger partial charge in [0.1, 0.15) is 13.7 Å². The largest absolute Gasteiger partial charge is 0.383 e. The van der Waals surface area contributed by atoms with Crippen LogP contribution in [0, 0.1) is 5.41 Å². The topological polar surface area (TPSA) is 54.5 Å². The third kappa shape index (κ3) is 2.71. The van der Waals surface area contributed by atoms with Crippen molar-refractivity contribution in [1.29, 1.82) is 0 Å². The summed E-state index contributed by atoms with van der Waals surface area (Å²) in [5.74, 6) is 1.01. The van der Waals surface area contributed by atoms with Gasteiger partial charge in [0.05, 0.1) is 6.04 Å². The second-order valence-corrected chi connectivity index (χ2v) is 6.80. The smallest absolute Gasteiger partial charge is 0.154 e. The second-order valence-electron chi connectivity index (χ2n) is 6.80. The van der Waals surface area contributed by atoms with Crippen molar-refractivity contribution in [1.82, 2.24) is 9.88 Å². The summed E-state index contributed by atoms with van der Waals surface area (Å²) in [4.78, 5) is 10.8.